The lowest BCUT2D eigenvalue weighted by Gasteiger charge is -1.93. The van der Waals surface area contributed by atoms with Gasteiger partial charge in [-0.15, -0.1) is 0 Å². The van der Waals surface area contributed by atoms with Gasteiger partial charge in [0.25, 0.3) is 0 Å². The summed E-state index contributed by atoms with van der Waals surface area (Å²) in [5.41, 5.74) is 6.92. The van der Waals surface area contributed by atoms with E-state index in [1.165, 1.54) is 0 Å². The van der Waals surface area contributed by atoms with Crippen LogP contribution in [0.15, 0.2) is 42.6 Å². The molecule has 0 amide bonds. The monoisotopic (exact) mass is 179 g/mol. The highest BCUT2D eigenvalue weighted by molar-refractivity contribution is 6.30. The molecule has 1 nitrogen and oxygen atoms in total. The third kappa shape index (κ3) is 2.81. The zero-order chi connectivity index (χ0) is 8.97. The van der Waals surface area contributed by atoms with Crippen molar-refractivity contribution in [2.45, 2.75) is 0 Å². The van der Waals surface area contributed by atoms with Crippen molar-refractivity contribution >= 4 is 17.7 Å². The average molecular weight is 180 g/mol. The van der Waals surface area contributed by atoms with Gasteiger partial charge in [-0.2, -0.15) is 0 Å². The van der Waals surface area contributed by atoms with Crippen LogP contribution in [0.1, 0.15) is 5.56 Å². The first-order chi connectivity index (χ1) is 5.68. The van der Waals surface area contributed by atoms with Crippen LogP contribution in [0, 0.1) is 0 Å². The summed E-state index contributed by atoms with van der Waals surface area (Å²) in [6, 6.07) is 7.53. The van der Waals surface area contributed by atoms with Crippen molar-refractivity contribution in [1.82, 2.24) is 0 Å². The smallest absolute Gasteiger partial charge is 0.0411 e. The van der Waals surface area contributed by atoms with Crippen molar-refractivity contribution in [3.63, 3.8) is 0 Å². The lowest BCUT2D eigenvalue weighted by Crippen LogP contribution is -1.87. The van der Waals surface area contributed by atoms with Crippen LogP contribution < -0.4 is 5.73 Å². The molecule has 12 heavy (non-hydrogen) atoms. The molecule has 1 aromatic rings. The van der Waals surface area contributed by atoms with E-state index in [4.69, 9.17) is 17.3 Å². The molecule has 0 unspecified atom stereocenters. The molecule has 0 aliphatic carbocycles. The van der Waals surface area contributed by atoms with E-state index in [1.807, 2.05) is 30.3 Å². The van der Waals surface area contributed by atoms with Gasteiger partial charge in [-0.3, -0.25) is 0 Å². The van der Waals surface area contributed by atoms with Gasteiger partial charge in [-0.25, -0.2) is 0 Å². The van der Waals surface area contributed by atoms with Gasteiger partial charge in [-0.05, 0) is 23.8 Å². The number of nitrogens with two attached hydrogens (primary N) is 1. The standard InChI is InChI=1S/C10H10ClN/c1-8(12)5-6-9-3-2-4-10(11)7-9/h2-7H,1,12H2/b6-5+. The lowest BCUT2D eigenvalue weighted by molar-refractivity contribution is 1.46. The van der Waals surface area contributed by atoms with Crippen molar-refractivity contribution in [2.75, 3.05) is 0 Å². The summed E-state index contributed by atoms with van der Waals surface area (Å²) in [4.78, 5) is 0. The van der Waals surface area contributed by atoms with Gasteiger partial charge in [0.05, 0.1) is 0 Å². The molecule has 0 saturated heterocycles. The molecule has 0 radical (unpaired) electrons. The van der Waals surface area contributed by atoms with Crippen LogP contribution in [0.25, 0.3) is 6.08 Å². The third-order valence-corrected chi connectivity index (χ3v) is 1.57. The van der Waals surface area contributed by atoms with Crippen LogP contribution in [0.2, 0.25) is 5.02 Å². The average Bonchev–Trinajstić information content (AvgIpc) is 2.01. The molecule has 2 N–H and O–H groups in total. The minimum absolute atomic E-state index is 0.537. The van der Waals surface area contributed by atoms with Gasteiger partial charge in [-0.1, -0.05) is 36.4 Å². The molecule has 0 bridgehead atoms. The molecule has 0 atom stereocenters. The zero-order valence-corrected chi connectivity index (χ0v) is 7.38. The molecule has 0 aliphatic heterocycles. The van der Waals surface area contributed by atoms with E-state index in [0.29, 0.717) is 5.70 Å². The summed E-state index contributed by atoms with van der Waals surface area (Å²) < 4.78 is 0. The number of rotatable bonds is 2. The number of allylic oxidation sites excluding steroid dienone is 1. The van der Waals surface area contributed by atoms with Crippen LogP contribution in [0.5, 0.6) is 0 Å². The van der Waals surface area contributed by atoms with Crippen molar-refractivity contribution in [3.8, 4) is 0 Å². The molecule has 62 valence electrons. The predicted octanol–water partition coefficient (Wildman–Crippen LogP) is 2.83. The predicted molar refractivity (Wildman–Crippen MR) is 53.8 cm³/mol. The topological polar surface area (TPSA) is 26.0 Å². The van der Waals surface area contributed by atoms with Crippen molar-refractivity contribution in [2.24, 2.45) is 5.73 Å². The zero-order valence-electron chi connectivity index (χ0n) is 6.63. The molecule has 0 spiro atoms. The van der Waals surface area contributed by atoms with E-state index in [9.17, 15) is 0 Å². The highest BCUT2D eigenvalue weighted by Crippen LogP contribution is 2.11. The minimum Gasteiger partial charge on any atom is -0.399 e. The largest absolute Gasteiger partial charge is 0.399 e. The molecular weight excluding hydrogens is 170 g/mol. The van der Waals surface area contributed by atoms with Crippen molar-refractivity contribution in [3.05, 3.63) is 53.2 Å². The van der Waals surface area contributed by atoms with Crippen molar-refractivity contribution < 1.29 is 0 Å². The van der Waals surface area contributed by atoms with Crippen LogP contribution in [-0.4, -0.2) is 0 Å². The molecule has 0 heterocycles. The number of hydrogen-bond donors (Lipinski definition) is 1. The quantitative estimate of drug-likeness (QED) is 0.695. The van der Waals surface area contributed by atoms with E-state index in [0.717, 1.165) is 10.6 Å². The normalized spacial score (nSPS) is 10.4. The second-order valence-corrected chi connectivity index (χ2v) is 2.90. The Bertz CT molecular complexity index is 315. The molecule has 0 aliphatic rings. The van der Waals surface area contributed by atoms with Gasteiger partial charge < -0.3 is 5.73 Å². The molecule has 1 aromatic carbocycles. The summed E-state index contributed by atoms with van der Waals surface area (Å²) in [5, 5.41) is 0.722. The first-order valence-corrected chi connectivity index (χ1v) is 3.94. The maximum Gasteiger partial charge on any atom is 0.0411 e. The van der Waals surface area contributed by atoms with E-state index in [2.05, 4.69) is 6.58 Å². The van der Waals surface area contributed by atoms with Gasteiger partial charge >= 0.3 is 0 Å². The summed E-state index contributed by atoms with van der Waals surface area (Å²) in [7, 11) is 0. The fourth-order valence-electron chi connectivity index (χ4n) is 0.814. The molecular formula is C10H10ClN. The van der Waals surface area contributed by atoms with E-state index >= 15 is 0 Å². The number of halogens is 1. The van der Waals surface area contributed by atoms with Gasteiger partial charge in [0, 0.05) is 10.7 Å². The van der Waals surface area contributed by atoms with Crippen LogP contribution >= 0.6 is 11.6 Å². The Hall–Kier alpha value is -1.21. The molecule has 1 rings (SSSR count). The van der Waals surface area contributed by atoms with Gasteiger partial charge in [0.1, 0.15) is 0 Å². The highest BCUT2D eigenvalue weighted by atomic mass is 35.5. The second kappa shape index (κ2) is 3.98. The van der Waals surface area contributed by atoms with Crippen LogP contribution in [0.4, 0.5) is 0 Å². The Morgan fingerprint density at radius 1 is 1.50 bits per heavy atom. The fraction of sp³-hybridized carbons (Fsp3) is 0. The Balaban J connectivity index is 2.83. The van der Waals surface area contributed by atoms with E-state index in [-0.39, 0.29) is 0 Å². The maximum absolute atomic E-state index is 5.77. The molecule has 0 fully saturated rings. The van der Waals surface area contributed by atoms with Crippen LogP contribution in [0.3, 0.4) is 0 Å². The Morgan fingerprint density at radius 3 is 2.83 bits per heavy atom. The molecule has 0 aromatic heterocycles. The summed E-state index contributed by atoms with van der Waals surface area (Å²) in [5.74, 6) is 0. The van der Waals surface area contributed by atoms with E-state index < -0.39 is 0 Å². The van der Waals surface area contributed by atoms with Crippen molar-refractivity contribution in [1.29, 1.82) is 0 Å². The SMILES string of the molecule is C=C(N)/C=C/c1cccc(Cl)c1. The van der Waals surface area contributed by atoms with E-state index in [1.54, 1.807) is 6.08 Å². The van der Waals surface area contributed by atoms with Gasteiger partial charge in [0.2, 0.25) is 0 Å². The molecule has 0 saturated carbocycles. The summed E-state index contributed by atoms with van der Waals surface area (Å²) in [6.07, 6.45) is 3.61. The fourth-order valence-corrected chi connectivity index (χ4v) is 1.01. The Labute approximate surface area is 77.2 Å². The Kier molecular flexibility index (Phi) is 2.94. The maximum atomic E-state index is 5.77. The van der Waals surface area contributed by atoms with Gasteiger partial charge in [0.15, 0.2) is 0 Å². The Morgan fingerprint density at radius 2 is 2.25 bits per heavy atom. The first kappa shape index (κ1) is 8.88. The summed E-state index contributed by atoms with van der Waals surface area (Å²) >= 11 is 5.77. The number of hydrogen-bond acceptors (Lipinski definition) is 1. The third-order valence-electron chi connectivity index (χ3n) is 1.34. The first-order valence-electron chi connectivity index (χ1n) is 3.56. The second-order valence-electron chi connectivity index (χ2n) is 2.46. The highest BCUT2D eigenvalue weighted by Gasteiger charge is 1.87. The molecule has 2 heteroatoms. The minimum atomic E-state index is 0.537. The lowest BCUT2D eigenvalue weighted by atomic mass is 10.2. The number of benzene rings is 1. The van der Waals surface area contributed by atoms with Crippen LogP contribution in [-0.2, 0) is 0 Å². The summed E-state index contributed by atoms with van der Waals surface area (Å²) in [6.45, 7) is 3.55.